The van der Waals surface area contributed by atoms with Crippen LogP contribution >= 0.6 is 11.6 Å². The van der Waals surface area contributed by atoms with Crippen LogP contribution in [-0.2, 0) is 32.1 Å². The highest BCUT2D eigenvalue weighted by Crippen LogP contribution is 2.34. The Hall–Kier alpha value is -2.26. The molecule has 0 amide bonds. The second kappa shape index (κ2) is 12.8. The number of hydrogen-bond donors (Lipinski definition) is 0. The molecule has 0 heterocycles. The zero-order valence-electron chi connectivity index (χ0n) is 21.1. The fourth-order valence-electron chi connectivity index (χ4n) is 5.47. The van der Waals surface area contributed by atoms with Crippen LogP contribution in [0.4, 0.5) is 13.2 Å². The number of rotatable bonds is 10. The van der Waals surface area contributed by atoms with Crippen LogP contribution in [0, 0.1) is 29.3 Å². The van der Waals surface area contributed by atoms with E-state index in [4.69, 9.17) is 11.6 Å². The smallest absolute Gasteiger partial charge is 0.145 e. The first-order valence-corrected chi connectivity index (χ1v) is 13.8. The summed E-state index contributed by atoms with van der Waals surface area (Å²) in [6, 6.07) is 17.0. The monoisotopic (exact) mass is 512 g/mol. The second-order valence-electron chi connectivity index (χ2n) is 10.4. The predicted octanol–water partition coefficient (Wildman–Crippen LogP) is 9.48. The van der Waals surface area contributed by atoms with Gasteiger partial charge in [-0.25, -0.2) is 13.2 Å². The minimum Gasteiger partial charge on any atom is -0.207 e. The molecule has 0 nitrogen and oxygen atoms in total. The van der Waals surface area contributed by atoms with Crippen molar-refractivity contribution in [2.75, 3.05) is 0 Å². The lowest BCUT2D eigenvalue weighted by atomic mass is 9.77. The summed E-state index contributed by atoms with van der Waals surface area (Å²) < 4.78 is 42.0. The Kier molecular flexibility index (Phi) is 9.53. The summed E-state index contributed by atoms with van der Waals surface area (Å²) in [6.07, 6.45) is 11.4. The van der Waals surface area contributed by atoms with Crippen LogP contribution < -0.4 is 0 Å². The van der Waals surface area contributed by atoms with Gasteiger partial charge in [-0.3, -0.25) is 0 Å². The summed E-state index contributed by atoms with van der Waals surface area (Å²) in [5.41, 5.74) is 4.92. The molecular formula is C32H36ClF3. The van der Waals surface area contributed by atoms with Gasteiger partial charge in [0.25, 0.3) is 0 Å². The average molecular weight is 513 g/mol. The summed E-state index contributed by atoms with van der Waals surface area (Å²) in [5.74, 6) is -0.247. The standard InChI is InChI=1S/C32H36ClF3/c1-2-22-3-5-23(6-4-22)7-8-24-9-11-25(12-10-24)13-14-26-15-17-28(29(34)19-26)18-16-27-20-30(35)32(33)31(36)21-27/h3-6,15,17,19-21,24-25H,2,7-14,16,18H2,1H3. The van der Waals surface area contributed by atoms with Crippen LogP contribution in [0.3, 0.4) is 0 Å². The molecular weight excluding hydrogens is 477 g/mol. The zero-order valence-corrected chi connectivity index (χ0v) is 21.9. The molecule has 0 saturated heterocycles. The van der Waals surface area contributed by atoms with Gasteiger partial charge in [-0.15, -0.1) is 0 Å². The van der Waals surface area contributed by atoms with E-state index in [-0.39, 0.29) is 5.82 Å². The van der Waals surface area contributed by atoms with E-state index in [1.54, 1.807) is 6.07 Å². The molecule has 1 saturated carbocycles. The Morgan fingerprint density at radius 2 is 1.11 bits per heavy atom. The van der Waals surface area contributed by atoms with Crippen LogP contribution in [-0.4, -0.2) is 0 Å². The van der Waals surface area contributed by atoms with Crippen molar-refractivity contribution in [1.82, 2.24) is 0 Å². The van der Waals surface area contributed by atoms with Crippen molar-refractivity contribution in [1.29, 1.82) is 0 Å². The van der Waals surface area contributed by atoms with Crippen LogP contribution in [0.2, 0.25) is 5.02 Å². The number of hydrogen-bond acceptors (Lipinski definition) is 0. The lowest BCUT2D eigenvalue weighted by Gasteiger charge is -2.28. The van der Waals surface area contributed by atoms with Gasteiger partial charge in [-0.1, -0.05) is 80.6 Å². The Labute approximate surface area is 218 Å². The van der Waals surface area contributed by atoms with Gasteiger partial charge in [0.15, 0.2) is 0 Å². The van der Waals surface area contributed by atoms with E-state index >= 15 is 0 Å². The Bertz CT molecular complexity index is 1110. The highest BCUT2D eigenvalue weighted by atomic mass is 35.5. The Balaban J connectivity index is 1.19. The maximum absolute atomic E-state index is 14.7. The summed E-state index contributed by atoms with van der Waals surface area (Å²) in [6.45, 7) is 2.19. The van der Waals surface area contributed by atoms with Crippen molar-refractivity contribution in [2.24, 2.45) is 11.8 Å². The van der Waals surface area contributed by atoms with Gasteiger partial charge in [-0.2, -0.15) is 0 Å². The topological polar surface area (TPSA) is 0 Å². The molecule has 1 fully saturated rings. The van der Waals surface area contributed by atoms with Gasteiger partial charge >= 0.3 is 0 Å². The molecule has 4 heteroatoms. The van der Waals surface area contributed by atoms with Crippen molar-refractivity contribution >= 4 is 11.6 Å². The highest BCUT2D eigenvalue weighted by Gasteiger charge is 2.21. The molecule has 0 radical (unpaired) electrons. The average Bonchev–Trinajstić information content (AvgIpc) is 2.89. The third-order valence-electron chi connectivity index (χ3n) is 7.92. The molecule has 0 aromatic heterocycles. The van der Waals surface area contributed by atoms with Gasteiger partial charge in [-0.05, 0) is 103 Å². The van der Waals surface area contributed by atoms with Crippen LogP contribution in [0.25, 0.3) is 0 Å². The third kappa shape index (κ3) is 7.38. The van der Waals surface area contributed by atoms with E-state index in [9.17, 15) is 13.2 Å². The second-order valence-corrected chi connectivity index (χ2v) is 10.8. The molecule has 0 aliphatic heterocycles. The highest BCUT2D eigenvalue weighted by molar-refractivity contribution is 6.30. The third-order valence-corrected chi connectivity index (χ3v) is 8.29. The molecule has 0 bridgehead atoms. The molecule has 3 aromatic rings. The minimum atomic E-state index is -0.779. The number of benzene rings is 3. The predicted molar refractivity (Wildman–Crippen MR) is 143 cm³/mol. The normalized spacial score (nSPS) is 17.9. The number of aryl methyl sites for hydroxylation is 5. The molecule has 0 atom stereocenters. The van der Waals surface area contributed by atoms with Crippen molar-refractivity contribution < 1.29 is 13.2 Å². The quantitative estimate of drug-likeness (QED) is 0.237. The van der Waals surface area contributed by atoms with E-state index in [2.05, 4.69) is 31.2 Å². The molecule has 0 unspecified atom stereocenters. The maximum atomic E-state index is 14.7. The zero-order chi connectivity index (χ0) is 25.5. The molecule has 0 N–H and O–H groups in total. The first kappa shape index (κ1) is 26.8. The van der Waals surface area contributed by atoms with E-state index < -0.39 is 16.7 Å². The van der Waals surface area contributed by atoms with Crippen molar-refractivity contribution in [3.63, 3.8) is 0 Å². The van der Waals surface area contributed by atoms with Gasteiger partial charge in [0, 0.05) is 0 Å². The molecule has 0 spiro atoms. The van der Waals surface area contributed by atoms with E-state index in [0.717, 1.165) is 36.7 Å². The molecule has 36 heavy (non-hydrogen) atoms. The molecule has 1 aliphatic carbocycles. The van der Waals surface area contributed by atoms with Crippen molar-refractivity contribution in [3.05, 3.63) is 105 Å². The fourth-order valence-corrected chi connectivity index (χ4v) is 5.58. The van der Waals surface area contributed by atoms with Crippen molar-refractivity contribution in [3.8, 4) is 0 Å². The summed E-state index contributed by atoms with van der Waals surface area (Å²) in [5, 5.41) is -0.500. The van der Waals surface area contributed by atoms with Crippen molar-refractivity contribution in [2.45, 2.75) is 77.6 Å². The first-order chi connectivity index (χ1) is 17.4. The van der Waals surface area contributed by atoms with Gasteiger partial charge < -0.3 is 0 Å². The summed E-state index contributed by atoms with van der Waals surface area (Å²) in [7, 11) is 0. The van der Waals surface area contributed by atoms with Crippen LogP contribution in [0.5, 0.6) is 0 Å². The van der Waals surface area contributed by atoms with E-state index in [1.165, 1.54) is 61.8 Å². The minimum absolute atomic E-state index is 0.238. The van der Waals surface area contributed by atoms with Gasteiger partial charge in [0.1, 0.15) is 22.5 Å². The Morgan fingerprint density at radius 1 is 0.611 bits per heavy atom. The Morgan fingerprint density at radius 3 is 1.67 bits per heavy atom. The molecule has 4 rings (SSSR count). The molecule has 192 valence electrons. The van der Waals surface area contributed by atoms with E-state index in [1.807, 2.05) is 12.1 Å². The largest absolute Gasteiger partial charge is 0.207 e. The maximum Gasteiger partial charge on any atom is 0.145 e. The lowest BCUT2D eigenvalue weighted by molar-refractivity contribution is 0.253. The van der Waals surface area contributed by atoms with Gasteiger partial charge in [0.05, 0.1) is 0 Å². The summed E-state index contributed by atoms with van der Waals surface area (Å²) in [4.78, 5) is 0. The SMILES string of the molecule is CCc1ccc(CCC2CCC(CCc3ccc(CCc4cc(F)c(Cl)c(F)c4)c(F)c3)CC2)cc1. The lowest BCUT2D eigenvalue weighted by Crippen LogP contribution is -2.16. The van der Waals surface area contributed by atoms with Crippen LogP contribution in [0.1, 0.15) is 73.3 Å². The van der Waals surface area contributed by atoms with E-state index in [0.29, 0.717) is 24.0 Å². The fraction of sp³-hybridized carbons (Fsp3) is 0.438. The summed E-state index contributed by atoms with van der Waals surface area (Å²) >= 11 is 5.54. The molecule has 1 aliphatic rings. The molecule has 3 aromatic carbocycles. The van der Waals surface area contributed by atoms with Gasteiger partial charge in [0.2, 0.25) is 0 Å². The first-order valence-electron chi connectivity index (χ1n) is 13.4. The van der Waals surface area contributed by atoms with Crippen LogP contribution in [0.15, 0.2) is 54.6 Å². The number of halogens is 4.